The summed E-state index contributed by atoms with van der Waals surface area (Å²) >= 11 is 0. The third kappa shape index (κ3) is 4.40. The van der Waals surface area contributed by atoms with Crippen LogP contribution in [0.4, 0.5) is 4.79 Å². The van der Waals surface area contributed by atoms with Gasteiger partial charge in [-0.05, 0) is 6.42 Å². The van der Waals surface area contributed by atoms with Gasteiger partial charge in [0.2, 0.25) is 5.91 Å². The van der Waals surface area contributed by atoms with Crippen molar-refractivity contribution in [2.45, 2.75) is 18.9 Å². The molecule has 4 N–H and O–H groups in total. The minimum absolute atomic E-state index is 0.185. The molecule has 1 aliphatic rings. The van der Waals surface area contributed by atoms with Gasteiger partial charge >= 0.3 is 12.0 Å². The summed E-state index contributed by atoms with van der Waals surface area (Å²) in [5.41, 5.74) is 5.17. The highest BCUT2D eigenvalue weighted by atomic mass is 16.5. The molecule has 108 valence electrons. The Balaban J connectivity index is 2.49. The monoisotopic (exact) mass is 273 g/mol. The number of methoxy groups -OCH3 is 1. The van der Waals surface area contributed by atoms with Gasteiger partial charge in [-0.15, -0.1) is 0 Å². The number of rotatable bonds is 6. The Kier molecular flexibility index (Phi) is 5.56. The summed E-state index contributed by atoms with van der Waals surface area (Å²) in [7, 11) is 1.46. The Labute approximate surface area is 110 Å². The normalized spacial score (nSPS) is 20.1. The molecule has 2 unspecified atom stereocenters. The average Bonchev–Trinajstić information content (AvgIpc) is 2.83. The second-order valence-corrected chi connectivity index (χ2v) is 4.46. The van der Waals surface area contributed by atoms with Crippen LogP contribution in [-0.2, 0) is 14.3 Å². The fraction of sp³-hybridized carbons (Fsp3) is 0.727. The van der Waals surface area contributed by atoms with Crippen molar-refractivity contribution < 1.29 is 24.2 Å². The maximum Gasteiger partial charge on any atom is 0.326 e. The topological polar surface area (TPSA) is 122 Å². The lowest BCUT2D eigenvalue weighted by Gasteiger charge is -2.20. The molecule has 0 spiro atoms. The maximum absolute atomic E-state index is 11.9. The van der Waals surface area contributed by atoms with E-state index < -0.39 is 23.9 Å². The molecule has 2 atom stereocenters. The second-order valence-electron chi connectivity index (χ2n) is 4.46. The van der Waals surface area contributed by atoms with Crippen LogP contribution in [0.15, 0.2) is 0 Å². The molecule has 0 aliphatic carbocycles. The third-order valence-corrected chi connectivity index (χ3v) is 3.08. The van der Waals surface area contributed by atoms with Crippen molar-refractivity contribution >= 4 is 17.9 Å². The fourth-order valence-electron chi connectivity index (χ4n) is 1.91. The van der Waals surface area contributed by atoms with Gasteiger partial charge in [0.1, 0.15) is 6.04 Å². The Morgan fingerprint density at radius 1 is 1.53 bits per heavy atom. The van der Waals surface area contributed by atoms with Gasteiger partial charge in [0.25, 0.3) is 0 Å². The molecule has 1 aliphatic heterocycles. The van der Waals surface area contributed by atoms with Crippen LogP contribution in [0.1, 0.15) is 12.8 Å². The van der Waals surface area contributed by atoms with Gasteiger partial charge in [0.05, 0.1) is 5.92 Å². The van der Waals surface area contributed by atoms with Crippen LogP contribution in [0, 0.1) is 5.92 Å². The van der Waals surface area contributed by atoms with Crippen LogP contribution < -0.4 is 11.1 Å². The van der Waals surface area contributed by atoms with Crippen molar-refractivity contribution in [1.82, 2.24) is 10.2 Å². The molecule has 0 radical (unpaired) electrons. The van der Waals surface area contributed by atoms with E-state index in [1.54, 1.807) is 0 Å². The predicted molar refractivity (Wildman–Crippen MR) is 65.3 cm³/mol. The van der Waals surface area contributed by atoms with Crippen LogP contribution >= 0.6 is 0 Å². The number of carbonyl (C=O) groups excluding carboxylic acids is 2. The number of hydrogen-bond acceptors (Lipinski definition) is 4. The minimum Gasteiger partial charge on any atom is -0.480 e. The van der Waals surface area contributed by atoms with E-state index in [1.807, 2.05) is 0 Å². The van der Waals surface area contributed by atoms with E-state index in [2.05, 4.69) is 5.32 Å². The Morgan fingerprint density at radius 3 is 2.68 bits per heavy atom. The molecule has 8 nitrogen and oxygen atoms in total. The van der Waals surface area contributed by atoms with E-state index in [4.69, 9.17) is 15.6 Å². The van der Waals surface area contributed by atoms with Gasteiger partial charge < -0.3 is 25.8 Å². The number of aliphatic carboxylic acids is 1. The molecule has 3 amide bonds. The molecule has 1 saturated heterocycles. The zero-order valence-corrected chi connectivity index (χ0v) is 10.8. The quantitative estimate of drug-likeness (QED) is 0.572. The molecule has 8 heteroatoms. The lowest BCUT2D eigenvalue weighted by molar-refractivity contribution is -0.139. The first kappa shape index (κ1) is 15.2. The zero-order valence-electron chi connectivity index (χ0n) is 10.8. The van der Waals surface area contributed by atoms with Crippen LogP contribution in [0.5, 0.6) is 0 Å². The van der Waals surface area contributed by atoms with Gasteiger partial charge in [-0.3, -0.25) is 4.79 Å². The van der Waals surface area contributed by atoms with Crippen molar-refractivity contribution in [3.63, 3.8) is 0 Å². The number of carbonyl (C=O) groups is 3. The number of carboxylic acids is 1. The largest absolute Gasteiger partial charge is 0.480 e. The van der Waals surface area contributed by atoms with Crippen LogP contribution in [0.2, 0.25) is 0 Å². The molecule has 19 heavy (non-hydrogen) atoms. The smallest absolute Gasteiger partial charge is 0.326 e. The van der Waals surface area contributed by atoms with E-state index in [1.165, 1.54) is 12.0 Å². The highest BCUT2D eigenvalue weighted by Crippen LogP contribution is 2.15. The first-order valence-electron chi connectivity index (χ1n) is 6.02. The fourth-order valence-corrected chi connectivity index (χ4v) is 1.91. The van der Waals surface area contributed by atoms with Crippen LogP contribution in [0.25, 0.3) is 0 Å². The summed E-state index contributed by atoms with van der Waals surface area (Å²) in [6.45, 7) is 0.870. The number of carboxylic acid groups (broad SMARTS) is 1. The number of urea groups is 1. The van der Waals surface area contributed by atoms with E-state index in [0.29, 0.717) is 13.0 Å². The van der Waals surface area contributed by atoms with Crippen molar-refractivity contribution in [2.24, 2.45) is 11.7 Å². The van der Waals surface area contributed by atoms with Gasteiger partial charge in [0, 0.05) is 33.2 Å². The summed E-state index contributed by atoms with van der Waals surface area (Å²) in [6.07, 6.45) is 0.698. The number of amides is 3. The summed E-state index contributed by atoms with van der Waals surface area (Å²) in [6, 6.07) is -1.49. The highest BCUT2D eigenvalue weighted by molar-refractivity contribution is 5.84. The lowest BCUT2D eigenvalue weighted by Crippen LogP contribution is -2.48. The second kappa shape index (κ2) is 6.93. The molecule has 0 aromatic rings. The number of likely N-dealkylation sites (tertiary alicyclic amines) is 1. The van der Waals surface area contributed by atoms with Crippen molar-refractivity contribution in [3.8, 4) is 0 Å². The molecule has 0 bridgehead atoms. The third-order valence-electron chi connectivity index (χ3n) is 3.08. The van der Waals surface area contributed by atoms with Crippen molar-refractivity contribution in [1.29, 1.82) is 0 Å². The SMILES string of the molecule is COCCC(NC(=O)N1CCC(C(N)=O)C1)C(=O)O. The summed E-state index contributed by atoms with van der Waals surface area (Å²) in [5.74, 6) is -1.91. The standard InChI is InChI=1S/C11H19N3O5/c1-19-5-3-8(10(16)17)13-11(18)14-4-2-7(6-14)9(12)15/h7-8H,2-6H2,1H3,(H2,12,15)(H,13,18)(H,16,17). The summed E-state index contributed by atoms with van der Waals surface area (Å²) < 4.78 is 4.79. The van der Waals surface area contributed by atoms with Crippen LogP contribution in [-0.4, -0.2) is 60.8 Å². The molecule has 1 heterocycles. The number of ether oxygens (including phenoxy) is 1. The van der Waals surface area contributed by atoms with E-state index in [9.17, 15) is 14.4 Å². The predicted octanol–water partition coefficient (Wildman–Crippen LogP) is -1.01. The number of primary amides is 1. The van der Waals surface area contributed by atoms with Gasteiger partial charge in [-0.1, -0.05) is 0 Å². The van der Waals surface area contributed by atoms with E-state index >= 15 is 0 Å². The molecule has 0 aromatic heterocycles. The van der Waals surface area contributed by atoms with Crippen LogP contribution in [0.3, 0.4) is 0 Å². The maximum atomic E-state index is 11.9. The molecule has 0 aromatic carbocycles. The molecular weight excluding hydrogens is 254 g/mol. The molecule has 0 saturated carbocycles. The van der Waals surface area contributed by atoms with Gasteiger partial charge in [0.15, 0.2) is 0 Å². The average molecular weight is 273 g/mol. The minimum atomic E-state index is -1.11. The van der Waals surface area contributed by atoms with E-state index in [0.717, 1.165) is 0 Å². The first-order chi connectivity index (χ1) is 8.95. The van der Waals surface area contributed by atoms with E-state index in [-0.39, 0.29) is 25.5 Å². The number of nitrogens with one attached hydrogen (secondary N) is 1. The zero-order chi connectivity index (χ0) is 14.4. The van der Waals surface area contributed by atoms with Crippen molar-refractivity contribution in [3.05, 3.63) is 0 Å². The Bertz CT molecular complexity index is 360. The lowest BCUT2D eigenvalue weighted by atomic mass is 10.1. The molecule has 1 fully saturated rings. The summed E-state index contributed by atoms with van der Waals surface area (Å²) in [5, 5.41) is 11.4. The number of nitrogens with zero attached hydrogens (tertiary/aromatic N) is 1. The number of nitrogens with two attached hydrogens (primary N) is 1. The first-order valence-corrected chi connectivity index (χ1v) is 6.02. The molecular formula is C11H19N3O5. The molecule has 1 rings (SSSR count). The number of hydrogen-bond donors (Lipinski definition) is 3. The Hall–Kier alpha value is -1.83. The van der Waals surface area contributed by atoms with Crippen molar-refractivity contribution in [2.75, 3.05) is 26.8 Å². The Morgan fingerprint density at radius 2 is 2.21 bits per heavy atom. The van der Waals surface area contributed by atoms with Gasteiger partial charge in [-0.2, -0.15) is 0 Å². The van der Waals surface area contributed by atoms with Gasteiger partial charge in [-0.25, -0.2) is 9.59 Å². The summed E-state index contributed by atoms with van der Waals surface area (Å²) in [4.78, 5) is 35.2. The highest BCUT2D eigenvalue weighted by Gasteiger charge is 2.31.